The number of carbonyl (C=O) groups excluding carboxylic acids is 2. The van der Waals surface area contributed by atoms with Gasteiger partial charge in [0.2, 0.25) is 0 Å². The normalized spacial score (nSPS) is 34.6. The van der Waals surface area contributed by atoms with E-state index in [1.807, 2.05) is 33.8 Å². The molecule has 4 aliphatic rings. The van der Waals surface area contributed by atoms with Crippen molar-refractivity contribution in [2.75, 3.05) is 32.7 Å². The van der Waals surface area contributed by atoms with Crippen LogP contribution >= 0.6 is 0 Å². The van der Waals surface area contributed by atoms with E-state index in [2.05, 4.69) is 4.90 Å². The lowest BCUT2D eigenvalue weighted by atomic mass is 9.88. The molecule has 3 aliphatic heterocycles. The number of esters is 1. The molecule has 3 fully saturated rings. The van der Waals surface area contributed by atoms with Crippen LogP contribution in [0, 0.1) is 17.8 Å². The fraction of sp³-hybridized carbons (Fsp3) is 0.800. The zero-order valence-corrected chi connectivity index (χ0v) is 31.9. The third-order valence-electron chi connectivity index (χ3n) is 11.4. The van der Waals surface area contributed by atoms with E-state index in [1.54, 1.807) is 43.1 Å². The summed E-state index contributed by atoms with van der Waals surface area (Å²) in [5.41, 5.74) is -1.93. The van der Waals surface area contributed by atoms with Crippen molar-refractivity contribution >= 4 is 12.1 Å². The maximum Gasteiger partial charge on any atom is 0.410 e. The number of carbonyl (C=O) groups is 2. The average Bonchev–Trinajstić information content (AvgIpc) is 3.71. The van der Waals surface area contributed by atoms with E-state index in [1.165, 1.54) is 25.7 Å². The van der Waals surface area contributed by atoms with Crippen LogP contribution < -0.4 is 0 Å². The van der Waals surface area contributed by atoms with Crippen LogP contribution in [0.1, 0.15) is 106 Å². The van der Waals surface area contributed by atoms with Crippen molar-refractivity contribution in [1.29, 1.82) is 0 Å². The van der Waals surface area contributed by atoms with E-state index in [-0.39, 0.29) is 43.3 Å². The molecule has 3 heterocycles. The monoisotopic (exact) mass is 718 g/mol. The minimum Gasteiger partial charge on any atom is -0.457 e. The van der Waals surface area contributed by atoms with Crippen LogP contribution in [-0.2, 0) is 19.0 Å². The summed E-state index contributed by atoms with van der Waals surface area (Å²) in [5, 5.41) is 43.5. The van der Waals surface area contributed by atoms with Gasteiger partial charge in [0.1, 0.15) is 11.7 Å². The Morgan fingerprint density at radius 1 is 1.16 bits per heavy atom. The molecule has 2 saturated heterocycles. The predicted molar refractivity (Wildman–Crippen MR) is 196 cm³/mol. The van der Waals surface area contributed by atoms with Crippen molar-refractivity contribution in [2.45, 2.75) is 154 Å². The van der Waals surface area contributed by atoms with Gasteiger partial charge in [-0.25, -0.2) is 4.79 Å². The van der Waals surface area contributed by atoms with Gasteiger partial charge in [-0.15, -0.1) is 0 Å². The average molecular weight is 719 g/mol. The number of aliphatic hydroxyl groups excluding tert-OH is 2. The Bertz CT molecular complexity index is 1230. The number of cyclic esters (lactones) is 1. The first-order valence-corrected chi connectivity index (χ1v) is 19.5. The summed E-state index contributed by atoms with van der Waals surface area (Å²) in [7, 11) is 0. The Hall–Kier alpha value is -2.28. The summed E-state index contributed by atoms with van der Waals surface area (Å²) < 4.78 is 17.7. The summed E-state index contributed by atoms with van der Waals surface area (Å²) in [5.74, 6) is -0.190. The van der Waals surface area contributed by atoms with Crippen molar-refractivity contribution in [2.24, 2.45) is 17.8 Å². The van der Waals surface area contributed by atoms with Gasteiger partial charge in [-0.3, -0.25) is 4.79 Å². The fourth-order valence-electron chi connectivity index (χ4n) is 7.88. The molecule has 4 rings (SSSR count). The summed E-state index contributed by atoms with van der Waals surface area (Å²) >= 11 is 0. The van der Waals surface area contributed by atoms with Crippen LogP contribution in [-0.4, -0.2) is 123 Å². The Balaban J connectivity index is 1.43. The number of epoxide rings is 1. The lowest BCUT2D eigenvalue weighted by Crippen LogP contribution is -2.46. The molecule has 51 heavy (non-hydrogen) atoms. The number of hydrogen-bond donors (Lipinski definition) is 4. The van der Waals surface area contributed by atoms with Gasteiger partial charge >= 0.3 is 12.1 Å². The second-order valence-electron chi connectivity index (χ2n) is 16.3. The molecule has 0 aromatic heterocycles. The van der Waals surface area contributed by atoms with E-state index in [0.29, 0.717) is 31.5 Å². The van der Waals surface area contributed by atoms with E-state index >= 15 is 0 Å². The molecule has 10 atom stereocenters. The molecular weight excluding hydrogens is 652 g/mol. The molecule has 11 heteroatoms. The zero-order chi connectivity index (χ0) is 37.3. The fourth-order valence-corrected chi connectivity index (χ4v) is 7.88. The van der Waals surface area contributed by atoms with Gasteiger partial charge < -0.3 is 44.4 Å². The van der Waals surface area contributed by atoms with E-state index < -0.39 is 47.7 Å². The van der Waals surface area contributed by atoms with Crippen LogP contribution in [0.4, 0.5) is 4.79 Å². The number of rotatable bonds is 11. The minimum atomic E-state index is -1.48. The quantitative estimate of drug-likeness (QED) is 0.100. The highest BCUT2D eigenvalue weighted by atomic mass is 16.6. The molecule has 290 valence electrons. The molecule has 0 radical (unpaired) electrons. The van der Waals surface area contributed by atoms with Crippen LogP contribution in [0.25, 0.3) is 0 Å². The highest BCUT2D eigenvalue weighted by molar-refractivity contribution is 5.70. The van der Waals surface area contributed by atoms with Gasteiger partial charge in [-0.2, -0.15) is 0 Å². The van der Waals surface area contributed by atoms with Gasteiger partial charge in [-0.1, -0.05) is 57.9 Å². The van der Waals surface area contributed by atoms with Crippen LogP contribution in [0.5, 0.6) is 0 Å². The summed E-state index contributed by atoms with van der Waals surface area (Å²) in [6.07, 6.45) is 11.9. The third kappa shape index (κ3) is 12.7. The van der Waals surface area contributed by atoms with Crippen molar-refractivity contribution < 1.29 is 44.2 Å². The first-order chi connectivity index (χ1) is 24.1. The van der Waals surface area contributed by atoms with E-state index in [9.17, 15) is 30.0 Å². The number of aliphatic hydroxyl groups is 4. The SMILES string of the molecule is CCC(O)C(C)C1OC1CC(C)(O)C=CC=C(C)C1OC(=O)CC(O)CCC(C)(O)C(OC(=O)N2CCCN(CC3CCCC3)CC2)C=CC1C. The van der Waals surface area contributed by atoms with E-state index in [0.717, 1.165) is 32.0 Å². The van der Waals surface area contributed by atoms with Crippen LogP contribution in [0.2, 0.25) is 0 Å². The van der Waals surface area contributed by atoms with Gasteiger partial charge in [0.15, 0.2) is 6.10 Å². The minimum absolute atomic E-state index is 0.0103. The molecule has 0 spiro atoms. The summed E-state index contributed by atoms with van der Waals surface area (Å²) in [6.45, 7) is 14.9. The molecule has 1 amide bonds. The molecule has 0 aromatic carbocycles. The van der Waals surface area contributed by atoms with Crippen LogP contribution in [0.3, 0.4) is 0 Å². The number of hydrogen-bond acceptors (Lipinski definition) is 10. The van der Waals surface area contributed by atoms with Gasteiger partial charge in [-0.05, 0) is 83.4 Å². The first kappa shape index (κ1) is 41.5. The molecule has 11 nitrogen and oxygen atoms in total. The molecule has 0 bridgehead atoms. The standard InChI is InChI=1S/C40H66N2O9/c1-7-32(44)29(4)37-33(49-37)25-39(5,47)18-10-12-27(2)36-28(3)15-16-34(40(6,48)19-17-31(43)24-35(45)51-36)50-38(46)42-21-11-20-41(22-23-42)26-30-13-8-9-14-30/h10,12,15-16,18,28-34,36-37,43-44,47-48H,7-9,11,13-14,17,19-26H2,1-6H3. The number of ether oxygens (including phenoxy) is 3. The molecular formula is C40H66N2O9. The van der Waals surface area contributed by atoms with Gasteiger partial charge in [0.05, 0.1) is 36.4 Å². The first-order valence-electron chi connectivity index (χ1n) is 19.5. The predicted octanol–water partition coefficient (Wildman–Crippen LogP) is 4.91. The smallest absolute Gasteiger partial charge is 0.410 e. The number of allylic oxidation sites excluding steroid dienone is 2. The van der Waals surface area contributed by atoms with Crippen molar-refractivity contribution in [1.82, 2.24) is 9.80 Å². The highest BCUT2D eigenvalue weighted by Crippen LogP contribution is 2.37. The molecule has 4 N–H and O–H groups in total. The summed E-state index contributed by atoms with van der Waals surface area (Å²) in [6, 6.07) is 0. The second kappa shape index (κ2) is 18.7. The van der Waals surface area contributed by atoms with Crippen molar-refractivity contribution in [3.05, 3.63) is 36.0 Å². The van der Waals surface area contributed by atoms with E-state index in [4.69, 9.17) is 14.2 Å². The number of nitrogens with zero attached hydrogens (tertiary/aromatic N) is 2. The summed E-state index contributed by atoms with van der Waals surface area (Å²) in [4.78, 5) is 30.6. The van der Waals surface area contributed by atoms with Crippen molar-refractivity contribution in [3.8, 4) is 0 Å². The second-order valence-corrected chi connectivity index (χ2v) is 16.3. The largest absolute Gasteiger partial charge is 0.457 e. The topological polar surface area (TPSA) is 153 Å². The third-order valence-corrected chi connectivity index (χ3v) is 11.4. The maximum atomic E-state index is 13.5. The zero-order valence-electron chi connectivity index (χ0n) is 31.9. The lowest BCUT2D eigenvalue weighted by Gasteiger charge is -2.34. The molecule has 10 unspecified atom stereocenters. The molecule has 1 saturated carbocycles. The Kier molecular flexibility index (Phi) is 15.2. The highest BCUT2D eigenvalue weighted by Gasteiger charge is 2.47. The lowest BCUT2D eigenvalue weighted by molar-refractivity contribution is -0.151. The molecule has 0 aromatic rings. The Morgan fingerprint density at radius 3 is 2.59 bits per heavy atom. The Labute approximate surface area is 305 Å². The molecule has 1 aliphatic carbocycles. The van der Waals surface area contributed by atoms with Gasteiger partial charge in [0.25, 0.3) is 0 Å². The van der Waals surface area contributed by atoms with Crippen molar-refractivity contribution in [3.63, 3.8) is 0 Å². The maximum absolute atomic E-state index is 13.5. The number of amides is 1. The Morgan fingerprint density at radius 2 is 1.88 bits per heavy atom. The van der Waals surface area contributed by atoms with Crippen LogP contribution in [0.15, 0.2) is 36.0 Å². The van der Waals surface area contributed by atoms with Gasteiger partial charge in [0, 0.05) is 44.4 Å².